The molecule has 2 aromatic rings. The predicted molar refractivity (Wildman–Crippen MR) is 113 cm³/mol. The van der Waals surface area contributed by atoms with Gasteiger partial charge in [0.15, 0.2) is 0 Å². The molecule has 0 aliphatic carbocycles. The van der Waals surface area contributed by atoms with Gasteiger partial charge in [-0.2, -0.15) is 4.31 Å². The Morgan fingerprint density at radius 3 is 2.37 bits per heavy atom. The van der Waals surface area contributed by atoms with E-state index < -0.39 is 16.1 Å². The number of sulfonamides is 1. The third-order valence-corrected chi connectivity index (χ3v) is 6.60. The lowest BCUT2D eigenvalue weighted by Crippen LogP contribution is -2.50. The zero-order chi connectivity index (χ0) is 21.4. The molecule has 2 amide bonds. The SMILES string of the molecule is COc1ccc(CNC(=O)NCCS(=O)(=O)N2CCN(c3ncccn3)CC2)cc1. The third-order valence-electron chi connectivity index (χ3n) is 4.72. The number of nitrogens with zero attached hydrogens (tertiary/aromatic N) is 4. The molecule has 0 spiro atoms. The third kappa shape index (κ3) is 6.04. The highest BCUT2D eigenvalue weighted by Gasteiger charge is 2.27. The van der Waals surface area contributed by atoms with Crippen LogP contribution in [0, 0.1) is 0 Å². The van der Waals surface area contributed by atoms with Crippen LogP contribution in [0.1, 0.15) is 5.56 Å². The van der Waals surface area contributed by atoms with Gasteiger partial charge in [-0.05, 0) is 23.8 Å². The number of carbonyl (C=O) groups excluding carboxylic acids is 1. The summed E-state index contributed by atoms with van der Waals surface area (Å²) < 4.78 is 31.6. The molecule has 2 heterocycles. The Hall–Kier alpha value is -2.92. The summed E-state index contributed by atoms with van der Waals surface area (Å²) in [7, 11) is -1.86. The second kappa shape index (κ2) is 10.2. The van der Waals surface area contributed by atoms with Crippen molar-refractivity contribution in [2.75, 3.05) is 50.5 Å². The van der Waals surface area contributed by atoms with Crippen LogP contribution in [0.15, 0.2) is 42.7 Å². The van der Waals surface area contributed by atoms with Crippen LogP contribution in [0.5, 0.6) is 5.75 Å². The Labute approximate surface area is 176 Å². The first-order valence-corrected chi connectivity index (χ1v) is 11.2. The number of benzene rings is 1. The molecule has 0 radical (unpaired) electrons. The highest BCUT2D eigenvalue weighted by molar-refractivity contribution is 7.89. The summed E-state index contributed by atoms with van der Waals surface area (Å²) >= 11 is 0. The van der Waals surface area contributed by atoms with Gasteiger partial charge >= 0.3 is 6.03 Å². The highest BCUT2D eigenvalue weighted by Crippen LogP contribution is 2.13. The average molecular weight is 435 g/mol. The van der Waals surface area contributed by atoms with E-state index in [9.17, 15) is 13.2 Å². The summed E-state index contributed by atoms with van der Waals surface area (Å²) in [6.45, 7) is 2.16. The van der Waals surface area contributed by atoms with Crippen LogP contribution >= 0.6 is 0 Å². The number of rotatable bonds is 8. The number of carbonyl (C=O) groups is 1. The first kappa shape index (κ1) is 21.8. The lowest BCUT2D eigenvalue weighted by atomic mass is 10.2. The molecule has 1 aliphatic heterocycles. The lowest BCUT2D eigenvalue weighted by molar-refractivity contribution is 0.241. The fourth-order valence-corrected chi connectivity index (χ4v) is 4.37. The maximum Gasteiger partial charge on any atom is 0.315 e. The Balaban J connectivity index is 1.38. The number of piperazine rings is 1. The molecular weight excluding hydrogens is 408 g/mol. The largest absolute Gasteiger partial charge is 0.497 e. The molecule has 1 aliphatic rings. The van der Waals surface area contributed by atoms with E-state index in [1.807, 2.05) is 29.2 Å². The fraction of sp³-hybridized carbons (Fsp3) is 0.421. The van der Waals surface area contributed by atoms with Gasteiger partial charge in [-0.1, -0.05) is 12.1 Å². The zero-order valence-corrected chi connectivity index (χ0v) is 17.6. The predicted octanol–water partition coefficient (Wildman–Crippen LogP) is 0.436. The summed E-state index contributed by atoms with van der Waals surface area (Å²) in [6, 6.07) is 8.65. The van der Waals surface area contributed by atoms with Gasteiger partial charge in [0.1, 0.15) is 5.75 Å². The molecule has 0 atom stereocenters. The lowest BCUT2D eigenvalue weighted by Gasteiger charge is -2.33. The van der Waals surface area contributed by atoms with Crippen molar-refractivity contribution in [3.05, 3.63) is 48.3 Å². The number of aromatic nitrogens is 2. The molecule has 0 unspecified atom stereocenters. The van der Waals surface area contributed by atoms with Crippen molar-refractivity contribution in [2.24, 2.45) is 0 Å². The molecular formula is C19H26N6O4S. The van der Waals surface area contributed by atoms with Crippen LogP contribution in [0.4, 0.5) is 10.7 Å². The van der Waals surface area contributed by atoms with Crippen molar-refractivity contribution >= 4 is 22.0 Å². The van der Waals surface area contributed by atoms with Crippen LogP contribution in [0.25, 0.3) is 0 Å². The number of methoxy groups -OCH3 is 1. The van der Waals surface area contributed by atoms with Gasteiger partial charge in [-0.15, -0.1) is 0 Å². The van der Waals surface area contributed by atoms with Crippen molar-refractivity contribution in [2.45, 2.75) is 6.54 Å². The number of anilines is 1. The van der Waals surface area contributed by atoms with Gasteiger partial charge in [-0.25, -0.2) is 23.2 Å². The monoisotopic (exact) mass is 434 g/mol. The summed E-state index contributed by atoms with van der Waals surface area (Å²) in [5.41, 5.74) is 0.916. The zero-order valence-electron chi connectivity index (χ0n) is 16.8. The molecule has 1 saturated heterocycles. The summed E-state index contributed by atoms with van der Waals surface area (Å²) in [5, 5.41) is 5.30. The van der Waals surface area contributed by atoms with E-state index in [0.29, 0.717) is 38.7 Å². The topological polar surface area (TPSA) is 117 Å². The van der Waals surface area contributed by atoms with Gasteiger partial charge in [0.25, 0.3) is 0 Å². The van der Waals surface area contributed by atoms with Crippen LogP contribution in [0.2, 0.25) is 0 Å². The van der Waals surface area contributed by atoms with E-state index >= 15 is 0 Å². The van der Waals surface area contributed by atoms with Gasteiger partial charge in [0, 0.05) is 51.7 Å². The molecule has 162 valence electrons. The number of amides is 2. The van der Waals surface area contributed by atoms with Crippen molar-refractivity contribution in [3.63, 3.8) is 0 Å². The van der Waals surface area contributed by atoms with Crippen molar-refractivity contribution in [1.82, 2.24) is 24.9 Å². The number of hydrogen-bond donors (Lipinski definition) is 2. The Bertz CT molecular complexity index is 916. The molecule has 30 heavy (non-hydrogen) atoms. The second-order valence-electron chi connectivity index (χ2n) is 6.71. The summed E-state index contributed by atoms with van der Waals surface area (Å²) in [5.74, 6) is 1.19. The average Bonchev–Trinajstić information content (AvgIpc) is 2.78. The second-order valence-corrected chi connectivity index (χ2v) is 8.80. The number of hydrogen-bond acceptors (Lipinski definition) is 7. The van der Waals surface area contributed by atoms with E-state index in [4.69, 9.17) is 4.74 Å². The van der Waals surface area contributed by atoms with Crippen molar-refractivity contribution < 1.29 is 17.9 Å². The fourth-order valence-electron chi connectivity index (χ4n) is 3.03. The van der Waals surface area contributed by atoms with E-state index in [-0.39, 0.29) is 12.3 Å². The molecule has 11 heteroatoms. The maximum atomic E-state index is 12.5. The highest BCUT2D eigenvalue weighted by atomic mass is 32.2. The van der Waals surface area contributed by atoms with Gasteiger partial charge in [0.2, 0.25) is 16.0 Å². The smallest absolute Gasteiger partial charge is 0.315 e. The van der Waals surface area contributed by atoms with Crippen LogP contribution in [0.3, 0.4) is 0 Å². The quantitative estimate of drug-likeness (QED) is 0.619. The van der Waals surface area contributed by atoms with E-state index in [1.54, 1.807) is 25.6 Å². The maximum absolute atomic E-state index is 12.5. The number of ether oxygens (including phenoxy) is 1. The van der Waals surface area contributed by atoms with E-state index in [1.165, 1.54) is 4.31 Å². The Morgan fingerprint density at radius 1 is 1.07 bits per heavy atom. The molecule has 10 nitrogen and oxygen atoms in total. The van der Waals surface area contributed by atoms with Crippen LogP contribution in [-0.4, -0.2) is 74.3 Å². The summed E-state index contributed by atoms with van der Waals surface area (Å²) in [4.78, 5) is 22.3. The molecule has 0 bridgehead atoms. The first-order valence-electron chi connectivity index (χ1n) is 9.62. The molecule has 2 N–H and O–H groups in total. The van der Waals surface area contributed by atoms with Crippen LogP contribution in [-0.2, 0) is 16.6 Å². The molecule has 1 aromatic carbocycles. The van der Waals surface area contributed by atoms with Crippen molar-refractivity contribution in [3.8, 4) is 5.75 Å². The van der Waals surface area contributed by atoms with E-state index in [2.05, 4.69) is 20.6 Å². The molecule has 3 rings (SSSR count). The summed E-state index contributed by atoms with van der Waals surface area (Å²) in [6.07, 6.45) is 3.33. The van der Waals surface area contributed by atoms with E-state index in [0.717, 1.165) is 11.3 Å². The molecule has 1 fully saturated rings. The normalized spacial score (nSPS) is 14.9. The minimum absolute atomic E-state index is 0.0405. The Kier molecular flexibility index (Phi) is 7.41. The standard InChI is InChI=1S/C19H26N6O4S/c1-29-17-5-3-16(4-6-17)15-23-19(26)22-9-14-30(27,28)25-12-10-24(11-13-25)18-20-7-2-8-21-18/h2-8H,9-15H2,1H3,(H2,22,23,26). The number of urea groups is 1. The number of nitrogens with one attached hydrogen (secondary N) is 2. The van der Waals surface area contributed by atoms with Gasteiger partial charge in [0.05, 0.1) is 12.9 Å². The van der Waals surface area contributed by atoms with Gasteiger partial charge in [-0.3, -0.25) is 0 Å². The van der Waals surface area contributed by atoms with Crippen molar-refractivity contribution in [1.29, 1.82) is 0 Å². The van der Waals surface area contributed by atoms with Crippen LogP contribution < -0.4 is 20.3 Å². The minimum atomic E-state index is -3.45. The molecule has 1 aromatic heterocycles. The first-order chi connectivity index (χ1) is 14.5. The van der Waals surface area contributed by atoms with Gasteiger partial charge < -0.3 is 20.3 Å². The molecule has 0 saturated carbocycles. The Morgan fingerprint density at radius 2 is 1.73 bits per heavy atom. The minimum Gasteiger partial charge on any atom is -0.497 e.